The molecule has 0 radical (unpaired) electrons. The second-order valence-electron chi connectivity index (χ2n) is 5.33. The summed E-state index contributed by atoms with van der Waals surface area (Å²) < 4.78 is 7.03. The van der Waals surface area contributed by atoms with Crippen LogP contribution in [0.3, 0.4) is 0 Å². The normalized spacial score (nSPS) is 20.3. The van der Waals surface area contributed by atoms with E-state index in [4.69, 9.17) is 4.74 Å². The number of methoxy groups -OCH3 is 1. The number of aromatic nitrogens is 2. The lowest BCUT2D eigenvalue weighted by Gasteiger charge is -2.40. The third-order valence-corrected chi connectivity index (χ3v) is 4.30. The summed E-state index contributed by atoms with van der Waals surface area (Å²) in [7, 11) is 7.54. The van der Waals surface area contributed by atoms with E-state index in [0.717, 1.165) is 31.4 Å². The molecule has 1 heterocycles. The fourth-order valence-electron chi connectivity index (χ4n) is 3.10. The third kappa shape index (κ3) is 1.91. The van der Waals surface area contributed by atoms with E-state index in [2.05, 4.69) is 10.00 Å². The maximum Gasteiger partial charge on any atom is 0.162 e. The fourth-order valence-corrected chi connectivity index (χ4v) is 3.10. The van der Waals surface area contributed by atoms with Gasteiger partial charge in [-0.15, -0.1) is 0 Å². The number of aryl methyl sites for hydroxylation is 1. The molecule has 0 bridgehead atoms. The van der Waals surface area contributed by atoms with Crippen LogP contribution in [0.1, 0.15) is 37.5 Å². The highest BCUT2D eigenvalue weighted by molar-refractivity contribution is 5.30. The van der Waals surface area contributed by atoms with Crippen molar-refractivity contribution in [1.29, 1.82) is 0 Å². The maximum atomic E-state index is 10.8. The monoisotopic (exact) mass is 253 g/mol. The van der Waals surface area contributed by atoms with Crippen LogP contribution in [0.5, 0.6) is 5.75 Å². The molecule has 0 spiro atoms. The zero-order valence-electron chi connectivity index (χ0n) is 11.7. The van der Waals surface area contributed by atoms with Gasteiger partial charge in [-0.2, -0.15) is 5.10 Å². The van der Waals surface area contributed by atoms with Gasteiger partial charge in [0.15, 0.2) is 5.75 Å². The molecule has 0 amide bonds. The summed E-state index contributed by atoms with van der Waals surface area (Å²) in [6.07, 6.45) is 5.43. The number of nitrogens with zero attached hydrogens (tertiary/aromatic N) is 3. The molecule has 1 aliphatic rings. The van der Waals surface area contributed by atoms with Gasteiger partial charge in [0.2, 0.25) is 0 Å². The predicted molar refractivity (Wildman–Crippen MR) is 69.6 cm³/mol. The van der Waals surface area contributed by atoms with E-state index >= 15 is 0 Å². The molecule has 5 heteroatoms. The van der Waals surface area contributed by atoms with Crippen molar-refractivity contribution >= 4 is 0 Å². The number of aliphatic hydroxyl groups excluding tert-OH is 1. The maximum absolute atomic E-state index is 10.8. The Kier molecular flexibility index (Phi) is 3.64. The minimum absolute atomic E-state index is 0.193. The van der Waals surface area contributed by atoms with E-state index in [-0.39, 0.29) is 5.54 Å². The van der Waals surface area contributed by atoms with E-state index in [9.17, 15) is 5.11 Å². The first kappa shape index (κ1) is 13.4. The van der Waals surface area contributed by atoms with Crippen molar-refractivity contribution in [1.82, 2.24) is 14.7 Å². The molecule has 1 atom stereocenters. The summed E-state index contributed by atoms with van der Waals surface area (Å²) in [5, 5.41) is 15.0. The smallest absolute Gasteiger partial charge is 0.162 e. The van der Waals surface area contributed by atoms with Gasteiger partial charge in [0.25, 0.3) is 0 Å². The van der Waals surface area contributed by atoms with Crippen LogP contribution in [0.2, 0.25) is 0 Å². The number of hydrogen-bond acceptors (Lipinski definition) is 4. The summed E-state index contributed by atoms with van der Waals surface area (Å²) in [6.45, 7) is 0. The first-order chi connectivity index (χ1) is 8.53. The molecule has 1 N–H and O–H groups in total. The molecular weight excluding hydrogens is 230 g/mol. The van der Waals surface area contributed by atoms with Crippen LogP contribution < -0.4 is 4.74 Å². The molecule has 5 nitrogen and oxygen atoms in total. The van der Waals surface area contributed by atoms with E-state index in [1.807, 2.05) is 21.1 Å². The lowest BCUT2D eigenvalue weighted by Crippen LogP contribution is -2.47. The van der Waals surface area contributed by atoms with Gasteiger partial charge < -0.3 is 14.7 Å². The zero-order valence-corrected chi connectivity index (χ0v) is 11.7. The number of rotatable bonds is 4. The van der Waals surface area contributed by atoms with Crippen LogP contribution >= 0.6 is 0 Å². The minimum atomic E-state index is -0.572. The number of ether oxygens (including phenoxy) is 1. The van der Waals surface area contributed by atoms with Crippen molar-refractivity contribution in [2.75, 3.05) is 21.2 Å². The number of aliphatic hydroxyl groups is 1. The van der Waals surface area contributed by atoms with Crippen LogP contribution in [0, 0.1) is 0 Å². The molecule has 1 aromatic rings. The molecule has 18 heavy (non-hydrogen) atoms. The first-order valence-corrected chi connectivity index (χ1v) is 6.44. The Morgan fingerprint density at radius 2 is 2.06 bits per heavy atom. The van der Waals surface area contributed by atoms with Gasteiger partial charge in [0.1, 0.15) is 11.8 Å². The van der Waals surface area contributed by atoms with Crippen LogP contribution in [0.25, 0.3) is 0 Å². The molecule has 102 valence electrons. The van der Waals surface area contributed by atoms with Crippen molar-refractivity contribution < 1.29 is 9.84 Å². The van der Waals surface area contributed by atoms with Crippen LogP contribution in [-0.4, -0.2) is 46.5 Å². The SMILES string of the molecule is COc1cnn(C)c1C(O)C1(N(C)C)CCCC1. The molecule has 2 rings (SSSR count). The molecule has 1 aliphatic carbocycles. The van der Waals surface area contributed by atoms with Crippen molar-refractivity contribution in [2.24, 2.45) is 7.05 Å². The first-order valence-electron chi connectivity index (χ1n) is 6.44. The molecule has 1 fully saturated rings. The van der Waals surface area contributed by atoms with Crippen LogP contribution in [0.15, 0.2) is 6.20 Å². The Bertz CT molecular complexity index is 408. The highest BCUT2D eigenvalue weighted by atomic mass is 16.5. The van der Waals surface area contributed by atoms with Crippen molar-refractivity contribution in [3.05, 3.63) is 11.9 Å². The van der Waals surface area contributed by atoms with E-state index in [0.29, 0.717) is 5.75 Å². The van der Waals surface area contributed by atoms with Gasteiger partial charge in [-0.1, -0.05) is 12.8 Å². The predicted octanol–water partition coefficient (Wildman–Crippen LogP) is 1.34. The molecular formula is C13H23N3O2. The average Bonchev–Trinajstić information content (AvgIpc) is 2.95. The van der Waals surface area contributed by atoms with E-state index in [1.165, 1.54) is 0 Å². The van der Waals surface area contributed by atoms with Crippen molar-refractivity contribution in [2.45, 2.75) is 37.3 Å². The lowest BCUT2D eigenvalue weighted by atomic mass is 9.86. The van der Waals surface area contributed by atoms with Gasteiger partial charge in [0.05, 0.1) is 18.8 Å². The van der Waals surface area contributed by atoms with Gasteiger partial charge >= 0.3 is 0 Å². The summed E-state index contributed by atoms with van der Waals surface area (Å²) in [4.78, 5) is 2.15. The van der Waals surface area contributed by atoms with Crippen molar-refractivity contribution in [3.8, 4) is 5.75 Å². The molecule has 1 saturated carbocycles. The highest BCUT2D eigenvalue weighted by Crippen LogP contribution is 2.45. The minimum Gasteiger partial charge on any atom is -0.493 e. The summed E-state index contributed by atoms with van der Waals surface area (Å²) in [5.41, 5.74) is 0.578. The Hall–Kier alpha value is -1.07. The number of hydrogen-bond donors (Lipinski definition) is 1. The largest absolute Gasteiger partial charge is 0.493 e. The van der Waals surface area contributed by atoms with E-state index in [1.54, 1.807) is 18.0 Å². The summed E-state index contributed by atoms with van der Waals surface area (Å²) in [6, 6.07) is 0. The highest BCUT2D eigenvalue weighted by Gasteiger charge is 2.45. The molecule has 0 aromatic carbocycles. The van der Waals surface area contributed by atoms with Gasteiger partial charge in [0, 0.05) is 7.05 Å². The zero-order chi connectivity index (χ0) is 13.3. The standard InChI is InChI=1S/C13H23N3O2/c1-15(2)13(7-5-6-8-13)12(17)11-10(18-4)9-14-16(11)3/h9,12,17H,5-8H2,1-4H3. The average molecular weight is 253 g/mol. The topological polar surface area (TPSA) is 50.5 Å². The molecule has 1 aromatic heterocycles. The second kappa shape index (κ2) is 4.90. The lowest BCUT2D eigenvalue weighted by molar-refractivity contribution is -0.0106. The third-order valence-electron chi connectivity index (χ3n) is 4.30. The van der Waals surface area contributed by atoms with Gasteiger partial charge in [-0.05, 0) is 26.9 Å². The van der Waals surface area contributed by atoms with Crippen LogP contribution in [-0.2, 0) is 7.05 Å². The Morgan fingerprint density at radius 3 is 2.56 bits per heavy atom. The molecule has 0 saturated heterocycles. The molecule has 1 unspecified atom stereocenters. The Balaban J connectivity index is 2.39. The van der Waals surface area contributed by atoms with Gasteiger partial charge in [-0.25, -0.2) is 0 Å². The Morgan fingerprint density at radius 1 is 1.44 bits per heavy atom. The Labute approximate surface area is 108 Å². The fraction of sp³-hybridized carbons (Fsp3) is 0.769. The van der Waals surface area contributed by atoms with Crippen LogP contribution in [0.4, 0.5) is 0 Å². The molecule has 0 aliphatic heterocycles. The summed E-state index contributed by atoms with van der Waals surface area (Å²) >= 11 is 0. The van der Waals surface area contributed by atoms with E-state index < -0.39 is 6.10 Å². The van der Waals surface area contributed by atoms with Crippen molar-refractivity contribution in [3.63, 3.8) is 0 Å². The quantitative estimate of drug-likeness (QED) is 0.879. The number of likely N-dealkylation sites (N-methyl/N-ethyl adjacent to an activating group) is 1. The second-order valence-corrected chi connectivity index (χ2v) is 5.33. The summed E-state index contributed by atoms with van der Waals surface area (Å²) in [5.74, 6) is 0.665. The van der Waals surface area contributed by atoms with Gasteiger partial charge in [-0.3, -0.25) is 4.68 Å².